The summed E-state index contributed by atoms with van der Waals surface area (Å²) in [4.78, 5) is 17.9. The van der Waals surface area contributed by atoms with E-state index >= 15 is 0 Å². The number of hydrogen-bond donors (Lipinski definition) is 1. The lowest BCUT2D eigenvalue weighted by molar-refractivity contribution is -0.118. The number of aromatic nitrogens is 1. The average Bonchev–Trinajstić information content (AvgIpc) is 2.50. The van der Waals surface area contributed by atoms with Crippen LogP contribution in [0.15, 0.2) is 30.6 Å². The Morgan fingerprint density at radius 1 is 1.26 bits per heavy atom. The van der Waals surface area contributed by atoms with E-state index in [-0.39, 0.29) is 24.4 Å². The van der Waals surface area contributed by atoms with Crippen LogP contribution < -0.4 is 10.6 Å². The second-order valence-electron chi connectivity index (χ2n) is 5.99. The standard InChI is InChI=1S/C18H21N3O.ClH/c1-11-15(12(2)19)9-20-10-16(11)13-4-6-17-14(8-13)5-7-18(22)21(17)3;/h4,6,8-10,12H,5,7,19H2,1-3H3;1H. The highest BCUT2D eigenvalue weighted by molar-refractivity contribution is 5.96. The van der Waals surface area contributed by atoms with Gasteiger partial charge in [-0.15, -0.1) is 12.4 Å². The molecule has 3 rings (SSSR count). The van der Waals surface area contributed by atoms with Crippen LogP contribution in [0.1, 0.15) is 36.1 Å². The van der Waals surface area contributed by atoms with Gasteiger partial charge in [0.15, 0.2) is 0 Å². The van der Waals surface area contributed by atoms with Crippen LogP contribution >= 0.6 is 12.4 Å². The molecule has 4 nitrogen and oxygen atoms in total. The molecule has 1 amide bonds. The number of pyridine rings is 1. The van der Waals surface area contributed by atoms with Crippen LogP contribution in [0.4, 0.5) is 5.69 Å². The highest BCUT2D eigenvalue weighted by Crippen LogP contribution is 2.33. The maximum Gasteiger partial charge on any atom is 0.227 e. The molecule has 1 aliphatic rings. The minimum atomic E-state index is -0.0335. The van der Waals surface area contributed by atoms with E-state index in [4.69, 9.17) is 5.73 Å². The summed E-state index contributed by atoms with van der Waals surface area (Å²) in [7, 11) is 1.84. The Kier molecular flexibility index (Phi) is 5.07. The summed E-state index contributed by atoms with van der Waals surface area (Å²) >= 11 is 0. The highest BCUT2D eigenvalue weighted by atomic mass is 35.5. The zero-order valence-corrected chi connectivity index (χ0v) is 14.5. The van der Waals surface area contributed by atoms with E-state index in [0.717, 1.165) is 28.8 Å². The van der Waals surface area contributed by atoms with E-state index in [1.807, 2.05) is 32.4 Å². The van der Waals surface area contributed by atoms with Crippen molar-refractivity contribution in [3.05, 3.63) is 47.3 Å². The second-order valence-corrected chi connectivity index (χ2v) is 5.99. The Balaban J connectivity index is 0.00000192. The third kappa shape index (κ3) is 3.09. The minimum Gasteiger partial charge on any atom is -0.324 e. The van der Waals surface area contributed by atoms with Gasteiger partial charge in [-0.2, -0.15) is 0 Å². The van der Waals surface area contributed by atoms with Crippen LogP contribution in [-0.2, 0) is 11.2 Å². The Morgan fingerprint density at radius 2 is 2.00 bits per heavy atom. The van der Waals surface area contributed by atoms with E-state index in [9.17, 15) is 4.79 Å². The number of nitrogens with two attached hydrogens (primary N) is 1. The van der Waals surface area contributed by atoms with Gasteiger partial charge in [-0.1, -0.05) is 6.07 Å². The van der Waals surface area contributed by atoms with Crippen molar-refractivity contribution in [1.82, 2.24) is 4.98 Å². The van der Waals surface area contributed by atoms with Crippen LogP contribution in [0.5, 0.6) is 0 Å². The number of aryl methyl sites for hydroxylation is 1. The zero-order chi connectivity index (χ0) is 15.9. The van der Waals surface area contributed by atoms with Crippen molar-refractivity contribution in [2.75, 3.05) is 11.9 Å². The van der Waals surface area contributed by atoms with Crippen molar-refractivity contribution in [3.63, 3.8) is 0 Å². The van der Waals surface area contributed by atoms with Crippen LogP contribution in [0.25, 0.3) is 11.1 Å². The lowest BCUT2D eigenvalue weighted by Crippen LogP contribution is -2.30. The molecule has 2 N–H and O–H groups in total. The molecule has 2 aromatic rings. The van der Waals surface area contributed by atoms with Gasteiger partial charge in [-0.05, 0) is 54.7 Å². The van der Waals surface area contributed by atoms with Gasteiger partial charge in [0.05, 0.1) is 0 Å². The van der Waals surface area contributed by atoms with Gasteiger partial charge in [0.2, 0.25) is 5.91 Å². The lowest BCUT2D eigenvalue weighted by atomic mass is 9.93. The van der Waals surface area contributed by atoms with Crippen molar-refractivity contribution in [3.8, 4) is 11.1 Å². The number of fused-ring (bicyclic) bond motifs is 1. The van der Waals surface area contributed by atoms with Crippen LogP contribution in [-0.4, -0.2) is 17.9 Å². The fraction of sp³-hybridized carbons (Fsp3) is 0.333. The molecule has 5 heteroatoms. The molecule has 1 unspecified atom stereocenters. The van der Waals surface area contributed by atoms with E-state index in [0.29, 0.717) is 6.42 Å². The summed E-state index contributed by atoms with van der Waals surface area (Å²) in [6.45, 7) is 4.06. The molecular weight excluding hydrogens is 310 g/mol. The molecule has 0 bridgehead atoms. The Bertz CT molecular complexity index is 743. The quantitative estimate of drug-likeness (QED) is 0.917. The SMILES string of the molecule is Cc1c(-c2ccc3c(c2)CCC(=O)N3C)cncc1C(C)N.Cl. The van der Waals surface area contributed by atoms with Crippen LogP contribution in [0, 0.1) is 6.92 Å². The molecule has 1 aromatic carbocycles. The molecule has 1 atom stereocenters. The van der Waals surface area contributed by atoms with Crippen LogP contribution in [0.2, 0.25) is 0 Å². The molecular formula is C18H22ClN3O. The molecule has 0 fully saturated rings. The average molecular weight is 332 g/mol. The first-order valence-electron chi connectivity index (χ1n) is 7.59. The smallest absolute Gasteiger partial charge is 0.227 e. The number of nitrogens with zero attached hydrogens (tertiary/aromatic N) is 2. The molecule has 0 spiro atoms. The van der Waals surface area contributed by atoms with Gasteiger partial charge in [0.25, 0.3) is 0 Å². The Morgan fingerprint density at radius 3 is 2.70 bits per heavy atom. The first-order chi connectivity index (χ1) is 10.5. The predicted molar refractivity (Wildman–Crippen MR) is 96.0 cm³/mol. The number of rotatable bonds is 2. The second kappa shape index (κ2) is 6.69. The summed E-state index contributed by atoms with van der Waals surface area (Å²) in [5, 5.41) is 0. The van der Waals surface area contributed by atoms with Crippen molar-refractivity contribution >= 4 is 24.0 Å². The molecule has 0 radical (unpaired) electrons. The summed E-state index contributed by atoms with van der Waals surface area (Å²) < 4.78 is 0. The lowest BCUT2D eigenvalue weighted by Gasteiger charge is -2.26. The molecule has 1 aromatic heterocycles. The molecule has 0 saturated heterocycles. The molecule has 1 aliphatic heterocycles. The molecule has 0 saturated carbocycles. The fourth-order valence-electron chi connectivity index (χ4n) is 3.12. The van der Waals surface area contributed by atoms with E-state index in [1.165, 1.54) is 11.1 Å². The monoisotopic (exact) mass is 331 g/mol. The zero-order valence-electron chi connectivity index (χ0n) is 13.7. The molecule has 23 heavy (non-hydrogen) atoms. The maximum atomic E-state index is 11.8. The number of hydrogen-bond acceptors (Lipinski definition) is 3. The number of benzene rings is 1. The van der Waals surface area contributed by atoms with Gasteiger partial charge in [-0.25, -0.2) is 0 Å². The third-order valence-electron chi connectivity index (χ3n) is 4.48. The predicted octanol–water partition coefficient (Wildman–Crippen LogP) is 3.41. The van der Waals surface area contributed by atoms with E-state index in [2.05, 4.69) is 24.0 Å². The Hall–Kier alpha value is -1.91. The van der Waals surface area contributed by atoms with Gasteiger partial charge in [0, 0.05) is 43.2 Å². The topological polar surface area (TPSA) is 59.2 Å². The fourth-order valence-corrected chi connectivity index (χ4v) is 3.12. The normalized spacial score (nSPS) is 15.0. The number of carbonyl (C=O) groups is 1. The minimum absolute atomic E-state index is 0. The van der Waals surface area contributed by atoms with E-state index < -0.39 is 0 Å². The Labute approximate surface area is 143 Å². The summed E-state index contributed by atoms with van der Waals surface area (Å²) in [5.41, 5.74) is 12.7. The first-order valence-corrected chi connectivity index (χ1v) is 7.59. The molecule has 2 heterocycles. The summed E-state index contributed by atoms with van der Waals surface area (Å²) in [6.07, 6.45) is 5.10. The van der Waals surface area contributed by atoms with Gasteiger partial charge < -0.3 is 10.6 Å². The maximum absolute atomic E-state index is 11.8. The number of anilines is 1. The van der Waals surface area contributed by atoms with Crippen molar-refractivity contribution < 1.29 is 4.79 Å². The first kappa shape index (κ1) is 17.4. The third-order valence-corrected chi connectivity index (χ3v) is 4.48. The van der Waals surface area contributed by atoms with Crippen molar-refractivity contribution in [2.45, 2.75) is 32.7 Å². The number of halogens is 1. The largest absolute Gasteiger partial charge is 0.324 e. The van der Waals surface area contributed by atoms with Gasteiger partial charge >= 0.3 is 0 Å². The molecule has 0 aliphatic carbocycles. The molecule has 122 valence electrons. The highest BCUT2D eigenvalue weighted by Gasteiger charge is 2.21. The summed E-state index contributed by atoms with van der Waals surface area (Å²) in [6, 6.07) is 6.23. The van der Waals surface area contributed by atoms with Gasteiger partial charge in [-0.3, -0.25) is 9.78 Å². The number of carbonyl (C=O) groups excluding carboxylic acids is 1. The summed E-state index contributed by atoms with van der Waals surface area (Å²) in [5.74, 6) is 0.178. The number of amides is 1. The van der Waals surface area contributed by atoms with Crippen molar-refractivity contribution in [2.24, 2.45) is 5.73 Å². The van der Waals surface area contributed by atoms with E-state index in [1.54, 1.807) is 4.90 Å². The van der Waals surface area contributed by atoms with Gasteiger partial charge in [0.1, 0.15) is 0 Å². The van der Waals surface area contributed by atoms with Crippen molar-refractivity contribution in [1.29, 1.82) is 0 Å². The van der Waals surface area contributed by atoms with Crippen LogP contribution in [0.3, 0.4) is 0 Å².